The fourth-order valence-corrected chi connectivity index (χ4v) is 1.85. The minimum absolute atomic E-state index is 0.0372. The van der Waals surface area contributed by atoms with E-state index in [2.05, 4.69) is 20.8 Å². The van der Waals surface area contributed by atoms with Crippen LogP contribution in [0.1, 0.15) is 43.6 Å². The second-order valence-corrected chi connectivity index (χ2v) is 5.28. The molecule has 0 N–H and O–H groups in total. The number of ether oxygens (including phenoxy) is 1. The summed E-state index contributed by atoms with van der Waals surface area (Å²) >= 11 is 6.02. The molecule has 0 unspecified atom stereocenters. The van der Waals surface area contributed by atoms with Crippen molar-refractivity contribution in [1.29, 1.82) is 0 Å². The van der Waals surface area contributed by atoms with Crippen LogP contribution in [0.5, 0.6) is 5.75 Å². The van der Waals surface area contributed by atoms with Crippen LogP contribution in [0.3, 0.4) is 0 Å². The lowest BCUT2D eigenvalue weighted by Gasteiger charge is -2.23. The second-order valence-electron chi connectivity index (χ2n) is 4.84. The molecule has 2 nitrogen and oxygen atoms in total. The summed E-state index contributed by atoms with van der Waals surface area (Å²) in [5.74, 6) is 0.592. The van der Waals surface area contributed by atoms with Crippen molar-refractivity contribution in [2.24, 2.45) is 0 Å². The molecule has 3 heteroatoms. The first-order valence-corrected chi connectivity index (χ1v) is 5.54. The van der Waals surface area contributed by atoms with Crippen LogP contribution in [-0.2, 0) is 5.41 Å². The van der Waals surface area contributed by atoms with Gasteiger partial charge in [0.15, 0.2) is 5.78 Å². The summed E-state index contributed by atoms with van der Waals surface area (Å²) in [4.78, 5) is 11.5. The molecule has 16 heavy (non-hydrogen) atoms. The molecule has 0 radical (unpaired) electrons. The highest BCUT2D eigenvalue weighted by atomic mass is 35.5. The summed E-state index contributed by atoms with van der Waals surface area (Å²) in [7, 11) is 1.57. The molecule has 0 aliphatic heterocycles. The Labute approximate surface area is 102 Å². The monoisotopic (exact) mass is 240 g/mol. The molecule has 0 aliphatic rings. The zero-order chi connectivity index (χ0) is 12.5. The first kappa shape index (κ1) is 13.0. The molecule has 0 saturated carbocycles. The van der Waals surface area contributed by atoms with Gasteiger partial charge in [-0.1, -0.05) is 32.4 Å². The third kappa shape index (κ3) is 2.56. The number of halogens is 1. The molecular formula is C13H17ClO2. The van der Waals surface area contributed by atoms with Gasteiger partial charge in [-0.3, -0.25) is 4.79 Å². The molecule has 1 aromatic rings. The molecule has 1 rings (SSSR count). The summed E-state index contributed by atoms with van der Waals surface area (Å²) in [6, 6.07) is 3.50. The third-order valence-electron chi connectivity index (χ3n) is 2.45. The van der Waals surface area contributed by atoms with Crippen LogP contribution in [0, 0.1) is 0 Å². The lowest BCUT2D eigenvalue weighted by Crippen LogP contribution is -2.15. The Balaban J connectivity index is 3.55. The molecule has 0 bridgehead atoms. The Morgan fingerprint density at radius 1 is 1.31 bits per heavy atom. The van der Waals surface area contributed by atoms with E-state index in [4.69, 9.17) is 16.3 Å². The molecule has 0 spiro atoms. The molecule has 0 aromatic heterocycles. The number of carbonyl (C=O) groups excluding carboxylic acids is 1. The molecule has 0 heterocycles. The van der Waals surface area contributed by atoms with E-state index in [-0.39, 0.29) is 11.2 Å². The van der Waals surface area contributed by atoms with Crippen molar-refractivity contribution in [1.82, 2.24) is 0 Å². The lowest BCUT2D eigenvalue weighted by molar-refractivity contribution is 0.101. The first-order valence-electron chi connectivity index (χ1n) is 5.16. The van der Waals surface area contributed by atoms with Gasteiger partial charge in [-0.15, -0.1) is 0 Å². The van der Waals surface area contributed by atoms with E-state index in [0.717, 1.165) is 5.56 Å². The standard InChI is InChI=1S/C13H17ClO2/c1-8(15)10-6-9(14)7-11(12(10)16-5)13(2,3)4/h6-7H,1-5H3. The lowest BCUT2D eigenvalue weighted by atomic mass is 9.84. The van der Waals surface area contributed by atoms with Crippen molar-refractivity contribution in [3.63, 3.8) is 0 Å². The number of Topliss-reactive ketones (excluding diaryl/α,β-unsaturated/α-hetero) is 1. The summed E-state index contributed by atoms with van der Waals surface area (Å²) in [6.45, 7) is 7.70. The maximum Gasteiger partial charge on any atom is 0.163 e. The molecule has 1 aromatic carbocycles. The van der Waals surface area contributed by atoms with Crippen LogP contribution >= 0.6 is 11.6 Å². The van der Waals surface area contributed by atoms with Crippen molar-refractivity contribution in [2.75, 3.05) is 7.11 Å². The molecule has 0 amide bonds. The Kier molecular flexibility index (Phi) is 3.64. The normalized spacial score (nSPS) is 11.4. The van der Waals surface area contributed by atoms with E-state index >= 15 is 0 Å². The molecular weight excluding hydrogens is 224 g/mol. The van der Waals surface area contributed by atoms with Crippen LogP contribution in [0.15, 0.2) is 12.1 Å². The number of hydrogen-bond donors (Lipinski definition) is 0. The van der Waals surface area contributed by atoms with Gasteiger partial charge in [0, 0.05) is 10.6 Å². The summed E-state index contributed by atoms with van der Waals surface area (Å²) in [5, 5.41) is 0.566. The van der Waals surface area contributed by atoms with Crippen LogP contribution < -0.4 is 4.74 Å². The number of rotatable bonds is 2. The average molecular weight is 241 g/mol. The van der Waals surface area contributed by atoms with Crippen molar-refractivity contribution >= 4 is 17.4 Å². The Bertz CT molecular complexity index is 417. The topological polar surface area (TPSA) is 26.3 Å². The number of carbonyl (C=O) groups is 1. The largest absolute Gasteiger partial charge is 0.496 e. The van der Waals surface area contributed by atoms with Crippen LogP contribution in [0.4, 0.5) is 0 Å². The SMILES string of the molecule is COc1c(C(C)=O)cc(Cl)cc1C(C)(C)C. The van der Waals surface area contributed by atoms with Crippen LogP contribution in [0.25, 0.3) is 0 Å². The second kappa shape index (κ2) is 4.46. The van der Waals surface area contributed by atoms with Gasteiger partial charge in [0.25, 0.3) is 0 Å². The molecule has 0 fully saturated rings. The van der Waals surface area contributed by atoms with Gasteiger partial charge in [0.2, 0.25) is 0 Å². The van der Waals surface area contributed by atoms with Crippen molar-refractivity contribution in [3.05, 3.63) is 28.3 Å². The Morgan fingerprint density at radius 3 is 2.25 bits per heavy atom. The highest BCUT2D eigenvalue weighted by Gasteiger charge is 2.23. The van der Waals surface area contributed by atoms with E-state index in [9.17, 15) is 4.79 Å². The maximum atomic E-state index is 11.5. The zero-order valence-electron chi connectivity index (χ0n) is 10.3. The van der Waals surface area contributed by atoms with E-state index in [1.165, 1.54) is 6.92 Å². The molecule has 0 saturated heterocycles. The van der Waals surface area contributed by atoms with Crippen molar-refractivity contribution < 1.29 is 9.53 Å². The quantitative estimate of drug-likeness (QED) is 0.734. The predicted octanol–water partition coefficient (Wildman–Crippen LogP) is 3.85. The van der Waals surface area contributed by atoms with Gasteiger partial charge < -0.3 is 4.74 Å². The van der Waals surface area contributed by atoms with Gasteiger partial charge in [0.1, 0.15) is 5.75 Å². The summed E-state index contributed by atoms with van der Waals surface area (Å²) in [5.41, 5.74) is 1.38. The first-order chi connectivity index (χ1) is 7.27. The van der Waals surface area contributed by atoms with E-state index < -0.39 is 0 Å². The predicted molar refractivity (Wildman–Crippen MR) is 66.7 cm³/mol. The van der Waals surface area contributed by atoms with E-state index in [1.54, 1.807) is 13.2 Å². The van der Waals surface area contributed by atoms with Crippen molar-refractivity contribution in [2.45, 2.75) is 33.1 Å². The average Bonchev–Trinajstić information content (AvgIpc) is 2.14. The highest BCUT2D eigenvalue weighted by Crippen LogP contribution is 2.36. The summed E-state index contributed by atoms with van der Waals surface area (Å²) < 4.78 is 5.34. The minimum Gasteiger partial charge on any atom is -0.496 e. The number of benzene rings is 1. The number of hydrogen-bond acceptors (Lipinski definition) is 2. The maximum absolute atomic E-state index is 11.5. The molecule has 0 aliphatic carbocycles. The van der Waals surface area contributed by atoms with Gasteiger partial charge >= 0.3 is 0 Å². The smallest absolute Gasteiger partial charge is 0.163 e. The molecule has 88 valence electrons. The third-order valence-corrected chi connectivity index (χ3v) is 2.66. The fourth-order valence-electron chi connectivity index (χ4n) is 1.63. The Morgan fingerprint density at radius 2 is 1.88 bits per heavy atom. The van der Waals surface area contributed by atoms with Crippen LogP contribution in [-0.4, -0.2) is 12.9 Å². The van der Waals surface area contributed by atoms with Crippen molar-refractivity contribution in [3.8, 4) is 5.75 Å². The van der Waals surface area contributed by atoms with Gasteiger partial charge in [-0.2, -0.15) is 0 Å². The fraction of sp³-hybridized carbons (Fsp3) is 0.462. The van der Waals surface area contributed by atoms with Gasteiger partial charge in [-0.25, -0.2) is 0 Å². The van der Waals surface area contributed by atoms with Gasteiger partial charge in [0.05, 0.1) is 12.7 Å². The van der Waals surface area contributed by atoms with Gasteiger partial charge in [-0.05, 0) is 24.5 Å². The minimum atomic E-state index is -0.111. The van der Waals surface area contributed by atoms with Crippen LogP contribution in [0.2, 0.25) is 5.02 Å². The number of methoxy groups -OCH3 is 1. The molecule has 0 atom stereocenters. The zero-order valence-corrected chi connectivity index (χ0v) is 11.1. The van der Waals surface area contributed by atoms with E-state index in [0.29, 0.717) is 16.3 Å². The highest BCUT2D eigenvalue weighted by molar-refractivity contribution is 6.31. The number of ketones is 1. The van der Waals surface area contributed by atoms with E-state index in [1.807, 2.05) is 6.07 Å². The Hall–Kier alpha value is -1.02. The summed E-state index contributed by atoms with van der Waals surface area (Å²) in [6.07, 6.45) is 0.